The second-order valence-corrected chi connectivity index (χ2v) is 4.48. The van der Waals surface area contributed by atoms with Crippen LogP contribution < -0.4 is 5.32 Å². The van der Waals surface area contributed by atoms with Crippen molar-refractivity contribution in [2.24, 2.45) is 5.92 Å². The van der Waals surface area contributed by atoms with Gasteiger partial charge in [-0.25, -0.2) is 0 Å². The van der Waals surface area contributed by atoms with E-state index in [1.54, 1.807) is 0 Å². The molecule has 1 aliphatic heterocycles. The summed E-state index contributed by atoms with van der Waals surface area (Å²) in [5.74, 6) is 0.937. The first-order chi connectivity index (χ1) is 6.24. The fourth-order valence-corrected chi connectivity index (χ4v) is 2.15. The molecule has 1 N–H and O–H groups in total. The van der Waals surface area contributed by atoms with Crippen molar-refractivity contribution < 1.29 is 0 Å². The Morgan fingerprint density at radius 1 is 1.38 bits per heavy atom. The van der Waals surface area contributed by atoms with E-state index in [4.69, 9.17) is 0 Å². The van der Waals surface area contributed by atoms with Gasteiger partial charge in [-0.1, -0.05) is 6.92 Å². The molecule has 0 bridgehead atoms. The topological polar surface area (TPSA) is 15.3 Å². The quantitative estimate of drug-likeness (QED) is 0.718. The van der Waals surface area contributed by atoms with E-state index in [1.165, 1.54) is 32.4 Å². The largest absolute Gasteiger partial charge is 0.318 e. The van der Waals surface area contributed by atoms with Crippen LogP contribution in [0.5, 0.6) is 0 Å². The van der Waals surface area contributed by atoms with E-state index >= 15 is 0 Å². The van der Waals surface area contributed by atoms with Gasteiger partial charge in [-0.2, -0.15) is 0 Å². The van der Waals surface area contributed by atoms with Gasteiger partial charge in [-0.15, -0.1) is 0 Å². The van der Waals surface area contributed by atoms with Crippen LogP contribution in [0.3, 0.4) is 0 Å². The van der Waals surface area contributed by atoms with Crippen LogP contribution in [-0.4, -0.2) is 37.6 Å². The van der Waals surface area contributed by atoms with Gasteiger partial charge in [0, 0.05) is 12.6 Å². The lowest BCUT2D eigenvalue weighted by Gasteiger charge is -2.27. The number of hydrogen-bond acceptors (Lipinski definition) is 2. The molecule has 0 aromatic heterocycles. The first-order valence-electron chi connectivity index (χ1n) is 5.62. The number of nitrogens with zero attached hydrogens (tertiary/aromatic N) is 1. The molecule has 78 valence electrons. The highest BCUT2D eigenvalue weighted by atomic mass is 15.2. The van der Waals surface area contributed by atoms with Gasteiger partial charge in [0.15, 0.2) is 0 Å². The summed E-state index contributed by atoms with van der Waals surface area (Å²) in [7, 11) is 2.04. The molecule has 0 amide bonds. The number of nitrogens with one attached hydrogen (secondary N) is 1. The average Bonchev–Trinajstić information content (AvgIpc) is 2.30. The minimum Gasteiger partial charge on any atom is -0.318 e. The zero-order valence-electron chi connectivity index (χ0n) is 9.34. The summed E-state index contributed by atoms with van der Waals surface area (Å²) in [6.45, 7) is 8.42. The minimum absolute atomic E-state index is 0.704. The van der Waals surface area contributed by atoms with Gasteiger partial charge in [-0.3, -0.25) is 4.90 Å². The Morgan fingerprint density at radius 3 is 2.85 bits per heavy atom. The van der Waals surface area contributed by atoms with Gasteiger partial charge in [0.25, 0.3) is 0 Å². The summed E-state index contributed by atoms with van der Waals surface area (Å²) in [6, 6.07) is 0.704. The molecule has 0 saturated carbocycles. The third kappa shape index (κ3) is 3.65. The molecule has 1 aliphatic rings. The Bertz CT molecular complexity index is 136. The summed E-state index contributed by atoms with van der Waals surface area (Å²) in [5.41, 5.74) is 0. The van der Waals surface area contributed by atoms with E-state index in [0.29, 0.717) is 6.04 Å². The highest BCUT2D eigenvalue weighted by Crippen LogP contribution is 2.17. The second-order valence-electron chi connectivity index (χ2n) is 4.48. The zero-order valence-corrected chi connectivity index (χ0v) is 9.34. The van der Waals surface area contributed by atoms with Crippen LogP contribution in [0.1, 0.15) is 33.1 Å². The first-order valence-corrected chi connectivity index (χ1v) is 5.62. The fraction of sp³-hybridized carbons (Fsp3) is 1.00. The highest BCUT2D eigenvalue weighted by molar-refractivity contribution is 4.73. The first kappa shape index (κ1) is 11.0. The average molecular weight is 184 g/mol. The molecule has 1 heterocycles. The van der Waals surface area contributed by atoms with Crippen molar-refractivity contribution in [3.8, 4) is 0 Å². The molecule has 1 saturated heterocycles. The summed E-state index contributed by atoms with van der Waals surface area (Å²) in [4.78, 5) is 2.62. The van der Waals surface area contributed by atoms with Gasteiger partial charge in [0.05, 0.1) is 0 Å². The zero-order chi connectivity index (χ0) is 9.68. The number of likely N-dealkylation sites (tertiary alicyclic amines) is 1. The summed E-state index contributed by atoms with van der Waals surface area (Å²) < 4.78 is 0. The van der Waals surface area contributed by atoms with Crippen LogP contribution in [0.4, 0.5) is 0 Å². The smallest absolute Gasteiger partial charge is 0.0192 e. The molecule has 2 atom stereocenters. The Morgan fingerprint density at radius 2 is 2.15 bits per heavy atom. The lowest BCUT2D eigenvalue weighted by atomic mass is 10.0. The second kappa shape index (κ2) is 5.61. The van der Waals surface area contributed by atoms with Crippen molar-refractivity contribution in [2.75, 3.05) is 26.7 Å². The van der Waals surface area contributed by atoms with Crippen LogP contribution in [0.25, 0.3) is 0 Å². The van der Waals surface area contributed by atoms with E-state index < -0.39 is 0 Å². The van der Waals surface area contributed by atoms with Crippen molar-refractivity contribution in [1.29, 1.82) is 0 Å². The van der Waals surface area contributed by atoms with Crippen LogP contribution in [0, 0.1) is 5.92 Å². The number of likely N-dealkylation sites (N-methyl/N-ethyl adjacent to an activating group) is 1. The van der Waals surface area contributed by atoms with Gasteiger partial charge in [0.2, 0.25) is 0 Å². The van der Waals surface area contributed by atoms with Crippen molar-refractivity contribution in [3.63, 3.8) is 0 Å². The molecule has 0 aromatic rings. The number of rotatable bonds is 3. The normalized spacial score (nSPS) is 28.4. The van der Waals surface area contributed by atoms with E-state index in [2.05, 4.69) is 24.1 Å². The summed E-state index contributed by atoms with van der Waals surface area (Å²) in [5, 5.41) is 3.25. The van der Waals surface area contributed by atoms with E-state index in [-0.39, 0.29) is 0 Å². The molecule has 1 rings (SSSR count). The molecule has 0 aliphatic carbocycles. The van der Waals surface area contributed by atoms with Crippen molar-refractivity contribution in [1.82, 2.24) is 10.2 Å². The van der Waals surface area contributed by atoms with Crippen molar-refractivity contribution in [2.45, 2.75) is 39.2 Å². The Labute approximate surface area is 82.7 Å². The fourth-order valence-electron chi connectivity index (χ4n) is 2.15. The maximum atomic E-state index is 3.25. The lowest BCUT2D eigenvalue weighted by molar-refractivity contribution is 0.212. The van der Waals surface area contributed by atoms with Gasteiger partial charge in [-0.05, 0) is 52.2 Å². The van der Waals surface area contributed by atoms with Crippen molar-refractivity contribution >= 4 is 0 Å². The standard InChI is InChI=1S/C11H24N2/c1-10-5-4-7-13(8-6-10)11(2)9-12-3/h10-12H,4-9H2,1-3H3. The molecular formula is C11H24N2. The van der Waals surface area contributed by atoms with Crippen LogP contribution in [0.15, 0.2) is 0 Å². The maximum Gasteiger partial charge on any atom is 0.0192 e. The molecule has 13 heavy (non-hydrogen) atoms. The minimum atomic E-state index is 0.704. The summed E-state index contributed by atoms with van der Waals surface area (Å²) in [6.07, 6.45) is 4.19. The molecule has 1 fully saturated rings. The number of hydrogen-bond donors (Lipinski definition) is 1. The molecule has 0 radical (unpaired) electrons. The van der Waals surface area contributed by atoms with E-state index in [1.807, 2.05) is 7.05 Å². The predicted molar refractivity (Wildman–Crippen MR) is 58.0 cm³/mol. The van der Waals surface area contributed by atoms with E-state index in [9.17, 15) is 0 Å². The molecule has 0 aromatic carbocycles. The van der Waals surface area contributed by atoms with Gasteiger partial charge < -0.3 is 5.32 Å². The molecule has 2 unspecified atom stereocenters. The van der Waals surface area contributed by atoms with Crippen LogP contribution in [0.2, 0.25) is 0 Å². The maximum absolute atomic E-state index is 3.25. The lowest BCUT2D eigenvalue weighted by Crippen LogP contribution is -2.40. The molecule has 0 spiro atoms. The molecular weight excluding hydrogens is 160 g/mol. The van der Waals surface area contributed by atoms with Crippen LogP contribution >= 0.6 is 0 Å². The Balaban J connectivity index is 2.32. The summed E-state index contributed by atoms with van der Waals surface area (Å²) >= 11 is 0. The third-order valence-electron chi connectivity index (χ3n) is 3.17. The van der Waals surface area contributed by atoms with Gasteiger partial charge in [0.1, 0.15) is 0 Å². The SMILES string of the molecule is CNCC(C)N1CCCC(C)CC1. The Kier molecular flexibility index (Phi) is 4.74. The third-order valence-corrected chi connectivity index (χ3v) is 3.17. The van der Waals surface area contributed by atoms with Gasteiger partial charge >= 0.3 is 0 Å². The Hall–Kier alpha value is -0.0800. The molecule has 2 nitrogen and oxygen atoms in total. The van der Waals surface area contributed by atoms with Crippen molar-refractivity contribution in [3.05, 3.63) is 0 Å². The highest BCUT2D eigenvalue weighted by Gasteiger charge is 2.17. The molecule has 2 heteroatoms. The monoisotopic (exact) mass is 184 g/mol. The predicted octanol–water partition coefficient (Wildman–Crippen LogP) is 1.72. The van der Waals surface area contributed by atoms with E-state index in [0.717, 1.165) is 12.5 Å². The van der Waals surface area contributed by atoms with Crippen LogP contribution in [-0.2, 0) is 0 Å².